The second kappa shape index (κ2) is 34.5. The molecule has 472 valence electrons. The Balaban J connectivity index is 0.000000257. The van der Waals surface area contributed by atoms with Gasteiger partial charge in [0.05, 0.1) is 25.5 Å². The minimum Gasteiger partial charge on any atom is -0.506 e. The lowest BCUT2D eigenvalue weighted by Gasteiger charge is -2.19. The van der Waals surface area contributed by atoms with E-state index >= 15 is 0 Å². The first kappa shape index (κ1) is 71.6. The SMILES string of the molecule is CC(C)(C)OC(=O)CCC(=O)c1ncc(O)cc1O.Cc1cnc(C(=O)CCC(=O)OC(C)(C)C)c(OCc2ccccc2)c1.Cc1cnc(C(=O)CCC(=O)OC(C)(C)C)c(OCc2ccccc2)c1.Cc1cnc(C(=O)O)c(OCc2ccccc2)c1. The van der Waals surface area contributed by atoms with Gasteiger partial charge in [-0.05, 0) is 135 Å². The van der Waals surface area contributed by atoms with Gasteiger partial charge >= 0.3 is 23.9 Å². The summed E-state index contributed by atoms with van der Waals surface area (Å²) in [6.07, 6.45) is 5.72. The van der Waals surface area contributed by atoms with Gasteiger partial charge in [0.2, 0.25) is 0 Å². The van der Waals surface area contributed by atoms with Crippen LogP contribution < -0.4 is 14.2 Å². The van der Waals surface area contributed by atoms with E-state index in [2.05, 4.69) is 19.9 Å². The van der Waals surface area contributed by atoms with Crippen LogP contribution in [0.3, 0.4) is 0 Å². The van der Waals surface area contributed by atoms with Crippen molar-refractivity contribution in [2.75, 3.05) is 0 Å². The van der Waals surface area contributed by atoms with Crippen LogP contribution in [0.4, 0.5) is 0 Å². The Morgan fingerprint density at radius 1 is 0.382 bits per heavy atom. The lowest BCUT2D eigenvalue weighted by Crippen LogP contribution is -2.24. The number of carboxylic acids is 1. The van der Waals surface area contributed by atoms with Crippen LogP contribution in [0.25, 0.3) is 0 Å². The molecule has 4 heterocycles. The molecule has 0 unspecified atom stereocenters. The van der Waals surface area contributed by atoms with Gasteiger partial charge < -0.3 is 43.7 Å². The molecule has 0 fully saturated rings. The van der Waals surface area contributed by atoms with Gasteiger partial charge in [-0.1, -0.05) is 91.0 Å². The zero-order valence-corrected chi connectivity index (χ0v) is 52.6. The molecule has 0 aliphatic heterocycles. The highest BCUT2D eigenvalue weighted by Gasteiger charge is 2.24. The van der Waals surface area contributed by atoms with Gasteiger partial charge in [-0.15, -0.1) is 0 Å². The smallest absolute Gasteiger partial charge is 0.358 e. The van der Waals surface area contributed by atoms with Gasteiger partial charge in [0.15, 0.2) is 28.8 Å². The Bertz CT molecular complexity index is 3350. The summed E-state index contributed by atoms with van der Waals surface area (Å²) in [5.41, 5.74) is 4.19. The third-order valence-electron chi connectivity index (χ3n) is 11.5. The lowest BCUT2D eigenvalue weighted by atomic mass is 10.1. The number of aromatic carboxylic acids is 1. The van der Waals surface area contributed by atoms with Crippen LogP contribution in [-0.2, 0) is 48.4 Å². The second-order valence-electron chi connectivity index (χ2n) is 23.3. The van der Waals surface area contributed by atoms with Crippen LogP contribution in [0.5, 0.6) is 28.7 Å². The van der Waals surface area contributed by atoms with E-state index in [-0.39, 0.29) is 78.6 Å². The first-order chi connectivity index (χ1) is 41.8. The van der Waals surface area contributed by atoms with Crippen molar-refractivity contribution in [1.29, 1.82) is 0 Å². The van der Waals surface area contributed by atoms with Crippen LogP contribution in [0.15, 0.2) is 140 Å². The monoisotopic (exact) mass is 1220 g/mol. The van der Waals surface area contributed by atoms with E-state index in [0.29, 0.717) is 37.1 Å². The van der Waals surface area contributed by atoms with Gasteiger partial charge in [-0.25, -0.2) is 24.7 Å². The molecule has 4 aromatic heterocycles. The number of aryl methyl sites for hydroxylation is 3. The lowest BCUT2D eigenvalue weighted by molar-refractivity contribution is -0.155. The molecule has 7 aromatic rings. The number of aromatic hydroxyl groups is 2. The number of pyridine rings is 4. The molecule has 20 heteroatoms. The van der Waals surface area contributed by atoms with Crippen LogP contribution in [-0.4, -0.2) is 93.3 Å². The van der Waals surface area contributed by atoms with E-state index in [1.54, 1.807) is 92.9 Å². The number of hydrogen-bond donors (Lipinski definition) is 3. The quantitative estimate of drug-likeness (QED) is 0.0323. The third-order valence-corrected chi connectivity index (χ3v) is 11.5. The average Bonchev–Trinajstić information content (AvgIpc) is 3.63. The average molecular weight is 1220 g/mol. The number of esters is 3. The van der Waals surface area contributed by atoms with E-state index in [1.165, 1.54) is 6.20 Å². The molecule has 0 spiro atoms. The zero-order chi connectivity index (χ0) is 65.9. The highest BCUT2D eigenvalue weighted by atomic mass is 16.6. The molecule has 0 aliphatic carbocycles. The van der Waals surface area contributed by atoms with Crippen molar-refractivity contribution in [3.8, 4) is 28.7 Å². The third kappa shape index (κ3) is 28.0. The number of aromatic nitrogens is 4. The van der Waals surface area contributed by atoms with Crippen molar-refractivity contribution in [1.82, 2.24) is 19.9 Å². The fraction of sp³-hybridized carbons (Fsp3) is 0.348. The number of ether oxygens (including phenoxy) is 6. The normalized spacial score (nSPS) is 10.9. The largest absolute Gasteiger partial charge is 0.506 e. The predicted octanol–water partition coefficient (Wildman–Crippen LogP) is 13.0. The number of nitrogens with zero attached hydrogens (tertiary/aromatic N) is 4. The highest BCUT2D eigenvalue weighted by molar-refractivity contribution is 5.99. The minimum absolute atomic E-state index is 0.0176. The van der Waals surface area contributed by atoms with Crippen molar-refractivity contribution in [3.05, 3.63) is 196 Å². The summed E-state index contributed by atoms with van der Waals surface area (Å²) < 4.78 is 32.7. The molecule has 0 radical (unpaired) electrons. The molecule has 0 saturated carbocycles. The Labute approximate surface area is 519 Å². The highest BCUT2D eigenvalue weighted by Crippen LogP contribution is 2.26. The topological polar surface area (TPSA) is 287 Å². The maximum atomic E-state index is 12.5. The number of benzene rings is 3. The summed E-state index contributed by atoms with van der Waals surface area (Å²) in [5.74, 6) is -2.80. The summed E-state index contributed by atoms with van der Waals surface area (Å²) in [7, 11) is 0. The van der Waals surface area contributed by atoms with Gasteiger partial charge in [-0.2, -0.15) is 0 Å². The molecule has 3 aromatic carbocycles. The van der Waals surface area contributed by atoms with E-state index in [9.17, 15) is 38.7 Å². The molecule has 7 rings (SSSR count). The van der Waals surface area contributed by atoms with E-state index in [1.807, 2.05) is 112 Å². The summed E-state index contributed by atoms with van der Waals surface area (Å²) in [5, 5.41) is 27.5. The summed E-state index contributed by atoms with van der Waals surface area (Å²) in [4.78, 5) is 98.8. The minimum atomic E-state index is -1.09. The standard InChI is InChI=1S/2C21H25NO4.C14H13NO3.C13H17NO5/c2*1-15-12-18(25-14-16-8-6-5-7-9-16)20(22-13-15)17(23)10-11-19(24)26-21(2,3)4;1-10-7-12(13(14(16)17)15-8-10)18-9-11-5-3-2-4-6-11;1-13(2,3)19-11(18)5-4-9(16)12-10(17)6-8(15)7-14-12/h2*5-9,12-13H,10-11,14H2,1-4H3;2-8H,9H2,1H3,(H,16,17);6-7,15,17H,4-5H2,1-3H3. The number of carbonyl (C=O) groups is 7. The van der Waals surface area contributed by atoms with Crippen molar-refractivity contribution < 1.29 is 77.3 Å². The van der Waals surface area contributed by atoms with Crippen LogP contribution in [0, 0.1) is 20.8 Å². The number of Topliss-reactive ketones (excluding diaryl/α,β-unsaturated/α-hetero) is 3. The van der Waals surface area contributed by atoms with Gasteiger partial charge in [0.1, 0.15) is 76.7 Å². The second-order valence-corrected chi connectivity index (χ2v) is 23.3. The van der Waals surface area contributed by atoms with Crippen LogP contribution in [0.2, 0.25) is 0 Å². The molecule has 0 atom stereocenters. The fourth-order valence-electron chi connectivity index (χ4n) is 7.58. The van der Waals surface area contributed by atoms with Crippen molar-refractivity contribution in [2.45, 2.75) is 158 Å². The Hall–Kier alpha value is -9.85. The van der Waals surface area contributed by atoms with Gasteiger partial charge in [0, 0.05) is 43.9 Å². The first-order valence-corrected chi connectivity index (χ1v) is 28.6. The van der Waals surface area contributed by atoms with Crippen LogP contribution >= 0.6 is 0 Å². The Morgan fingerprint density at radius 3 is 0.955 bits per heavy atom. The van der Waals surface area contributed by atoms with Crippen molar-refractivity contribution >= 4 is 41.2 Å². The molecule has 0 bridgehead atoms. The predicted molar refractivity (Wildman–Crippen MR) is 332 cm³/mol. The fourth-order valence-corrected chi connectivity index (χ4v) is 7.58. The number of rotatable bonds is 22. The molecule has 0 aliphatic rings. The summed E-state index contributed by atoms with van der Waals surface area (Å²) >= 11 is 0. The first-order valence-electron chi connectivity index (χ1n) is 28.6. The van der Waals surface area contributed by atoms with Crippen molar-refractivity contribution in [2.24, 2.45) is 0 Å². The number of ketones is 3. The van der Waals surface area contributed by atoms with E-state index in [0.717, 1.165) is 45.6 Å². The number of carbonyl (C=O) groups excluding carboxylic acids is 6. The van der Waals surface area contributed by atoms with Gasteiger partial charge in [0.25, 0.3) is 0 Å². The maximum Gasteiger partial charge on any atom is 0.358 e. The molecular weight excluding hydrogens is 1140 g/mol. The summed E-state index contributed by atoms with van der Waals surface area (Å²) in [6.45, 7) is 22.6. The van der Waals surface area contributed by atoms with Gasteiger partial charge in [-0.3, -0.25) is 28.8 Å². The summed E-state index contributed by atoms with van der Waals surface area (Å²) in [6, 6.07) is 35.2. The molecule has 3 N–H and O–H groups in total. The molecule has 0 amide bonds. The molecule has 89 heavy (non-hydrogen) atoms. The Kier molecular flexibility index (Phi) is 27.8. The molecular formula is C69H80N4O16. The van der Waals surface area contributed by atoms with E-state index < -0.39 is 52.2 Å². The van der Waals surface area contributed by atoms with E-state index in [4.69, 9.17) is 38.6 Å². The van der Waals surface area contributed by atoms with Crippen molar-refractivity contribution in [3.63, 3.8) is 0 Å². The molecule has 0 saturated heterocycles. The number of hydrogen-bond acceptors (Lipinski definition) is 19. The Morgan fingerprint density at radius 2 is 0.663 bits per heavy atom. The zero-order valence-electron chi connectivity index (χ0n) is 52.6. The molecule has 20 nitrogen and oxygen atoms in total. The maximum absolute atomic E-state index is 12.5. The van der Waals surface area contributed by atoms with Crippen LogP contribution in [0.1, 0.15) is 176 Å². The number of carboxylic acid groups (broad SMARTS) is 1.